The average Bonchev–Trinajstić information content (AvgIpc) is 3.75. The molecule has 0 bridgehead atoms. The summed E-state index contributed by atoms with van der Waals surface area (Å²) in [6.45, 7) is 11.3. The molecule has 1 saturated carbocycles. The maximum atomic E-state index is 14.0. The van der Waals surface area contributed by atoms with Crippen molar-refractivity contribution in [1.29, 1.82) is 0 Å². The van der Waals surface area contributed by atoms with Crippen LogP contribution in [0.2, 0.25) is 0 Å². The van der Waals surface area contributed by atoms with E-state index in [0.29, 0.717) is 30.2 Å². The Morgan fingerprint density at radius 1 is 0.877 bits per heavy atom. The molecule has 8 N–H and O–H groups in total. The first-order valence-electron chi connectivity index (χ1n) is 21.3. The summed E-state index contributed by atoms with van der Waals surface area (Å²) in [6.07, 6.45) is 7.28. The van der Waals surface area contributed by atoms with E-state index in [1.54, 1.807) is 32.2 Å². The van der Waals surface area contributed by atoms with Gasteiger partial charge in [0.15, 0.2) is 0 Å². The molecule has 0 aromatic carbocycles. The maximum Gasteiger partial charge on any atom is 0.315 e. The molecule has 2 saturated heterocycles. The number of rotatable bonds is 22. The predicted molar refractivity (Wildman–Crippen MR) is 222 cm³/mol. The Bertz CT molecular complexity index is 1460. The van der Waals surface area contributed by atoms with Crippen molar-refractivity contribution in [2.75, 3.05) is 5.75 Å². The number of pyridine rings is 1. The molecule has 0 radical (unpaired) electrons. The largest absolute Gasteiger partial charge is 0.390 e. The highest BCUT2D eigenvalue weighted by atomic mass is 32.2. The van der Waals surface area contributed by atoms with Crippen LogP contribution in [-0.2, 0) is 25.7 Å². The summed E-state index contributed by atoms with van der Waals surface area (Å²) < 4.78 is 0. The lowest BCUT2D eigenvalue weighted by molar-refractivity contribution is -0.141. The SMILES string of the molecule is CCC(C)[C@H](NC(=O)[C@H](C(C)C)[C@@H](O)[C@H](O)[C@H](CC1CCCCC1)NC(=O)[C@@H](NC(=O)CCCCC1SC[C@@H]2NC(=O)NC12)C(C)C)C(=O)NCc1ccccn1. The molecule has 2 aliphatic heterocycles. The lowest BCUT2D eigenvalue weighted by atomic mass is 9.79. The molecule has 320 valence electrons. The molecule has 0 spiro atoms. The van der Waals surface area contributed by atoms with Gasteiger partial charge in [0, 0.05) is 23.6 Å². The van der Waals surface area contributed by atoms with Crippen molar-refractivity contribution in [1.82, 2.24) is 36.9 Å². The summed E-state index contributed by atoms with van der Waals surface area (Å²) in [5, 5.41) is 41.7. The van der Waals surface area contributed by atoms with Crippen molar-refractivity contribution in [2.24, 2.45) is 29.6 Å². The van der Waals surface area contributed by atoms with E-state index in [4.69, 9.17) is 0 Å². The van der Waals surface area contributed by atoms with Gasteiger partial charge in [-0.05, 0) is 55.1 Å². The van der Waals surface area contributed by atoms with Crippen LogP contribution in [0.25, 0.3) is 0 Å². The fourth-order valence-electron chi connectivity index (χ4n) is 8.44. The van der Waals surface area contributed by atoms with Crippen molar-refractivity contribution in [2.45, 2.75) is 166 Å². The van der Waals surface area contributed by atoms with Gasteiger partial charge in [-0.25, -0.2) is 4.79 Å². The average molecular weight is 816 g/mol. The smallest absolute Gasteiger partial charge is 0.315 e. The second kappa shape index (κ2) is 22.6. The first-order chi connectivity index (χ1) is 27.2. The van der Waals surface area contributed by atoms with Crippen LogP contribution in [-0.4, -0.2) is 98.3 Å². The number of nitrogens with one attached hydrogen (secondary N) is 6. The summed E-state index contributed by atoms with van der Waals surface area (Å²) in [7, 11) is 0. The lowest BCUT2D eigenvalue weighted by Gasteiger charge is -2.37. The first-order valence-corrected chi connectivity index (χ1v) is 22.4. The molecule has 4 rings (SSSR count). The molecule has 57 heavy (non-hydrogen) atoms. The van der Waals surface area contributed by atoms with Gasteiger partial charge in [0.2, 0.25) is 23.6 Å². The first kappa shape index (κ1) is 46.3. The Morgan fingerprint density at radius 3 is 2.26 bits per heavy atom. The summed E-state index contributed by atoms with van der Waals surface area (Å²) in [6, 6.07) is 2.93. The molecule has 10 atom stereocenters. The second-order valence-electron chi connectivity index (χ2n) is 17.2. The third-order valence-corrected chi connectivity index (χ3v) is 13.6. The van der Waals surface area contributed by atoms with Crippen LogP contribution in [0.15, 0.2) is 24.4 Å². The zero-order chi connectivity index (χ0) is 41.6. The topological polar surface area (TPSA) is 211 Å². The van der Waals surface area contributed by atoms with Crippen LogP contribution in [0.4, 0.5) is 4.79 Å². The minimum atomic E-state index is -1.55. The number of hydrogen-bond acceptors (Lipinski definition) is 9. The number of urea groups is 1. The van der Waals surface area contributed by atoms with E-state index in [2.05, 4.69) is 36.9 Å². The molecular formula is C42H69N7O7S. The number of thioether (sulfide) groups is 1. The lowest BCUT2D eigenvalue weighted by Crippen LogP contribution is -2.59. The molecule has 3 aliphatic rings. The van der Waals surface area contributed by atoms with Crippen LogP contribution in [0.3, 0.4) is 0 Å². The van der Waals surface area contributed by atoms with E-state index in [1.165, 1.54) is 0 Å². The van der Waals surface area contributed by atoms with Crippen molar-refractivity contribution < 1.29 is 34.2 Å². The van der Waals surface area contributed by atoms with E-state index in [1.807, 2.05) is 45.5 Å². The second-order valence-corrected chi connectivity index (χ2v) is 18.4. The summed E-state index contributed by atoms with van der Waals surface area (Å²) in [4.78, 5) is 70.5. The molecule has 15 heteroatoms. The number of aromatic nitrogens is 1. The number of fused-ring (bicyclic) bond motifs is 1. The van der Waals surface area contributed by atoms with Crippen LogP contribution in [0, 0.1) is 29.6 Å². The Balaban J connectivity index is 1.40. The molecule has 14 nitrogen and oxygen atoms in total. The summed E-state index contributed by atoms with van der Waals surface area (Å²) in [5.41, 5.74) is 0.677. The van der Waals surface area contributed by atoms with Crippen molar-refractivity contribution in [3.05, 3.63) is 30.1 Å². The fourth-order valence-corrected chi connectivity index (χ4v) is 9.98. The number of unbranched alkanes of at least 4 members (excludes halogenated alkanes) is 1. The van der Waals surface area contributed by atoms with Gasteiger partial charge < -0.3 is 42.1 Å². The molecule has 1 aromatic rings. The summed E-state index contributed by atoms with van der Waals surface area (Å²) >= 11 is 1.84. The van der Waals surface area contributed by atoms with Gasteiger partial charge in [0.25, 0.3) is 0 Å². The van der Waals surface area contributed by atoms with Crippen molar-refractivity contribution >= 4 is 41.4 Å². The van der Waals surface area contributed by atoms with Gasteiger partial charge >= 0.3 is 6.03 Å². The molecule has 3 unspecified atom stereocenters. The normalized spacial score (nSPS) is 23.3. The molecular weight excluding hydrogens is 747 g/mol. The number of carbonyl (C=O) groups is 5. The van der Waals surface area contributed by atoms with E-state index < -0.39 is 54.0 Å². The molecule has 3 fully saturated rings. The van der Waals surface area contributed by atoms with E-state index in [0.717, 1.165) is 50.7 Å². The Morgan fingerprint density at radius 2 is 1.61 bits per heavy atom. The monoisotopic (exact) mass is 815 g/mol. The Labute approximate surface area is 343 Å². The standard InChI is InChI=1S/C42H69N7O7S/c1-7-26(6)35(40(54)44-22-28-17-13-14-20-43-28)48-39(53)33(24(2)3)38(52)37(51)29(21-27-15-9-8-10-16-27)45-41(55)34(25(4)5)47-32(50)19-12-11-18-31-36-30(23-57-31)46-42(56)49-36/h13-14,17,20,24-27,29-31,33-38,51-52H,7-12,15-16,18-19,21-23H2,1-6H3,(H,44,54)(H,45,55)(H,47,50)(H,48,53)(H2,46,49,56)/t26?,29-,30-,31?,33+,34-,35-,36?,37+,38+/m0/s1. The number of aliphatic hydroxyl groups excluding tert-OH is 2. The Hall–Kier alpha value is -3.43. The van der Waals surface area contributed by atoms with Gasteiger partial charge in [-0.1, -0.05) is 92.6 Å². The quantitative estimate of drug-likeness (QED) is 0.0635. The van der Waals surface area contributed by atoms with E-state index in [9.17, 15) is 34.2 Å². The van der Waals surface area contributed by atoms with E-state index >= 15 is 0 Å². The zero-order valence-corrected chi connectivity index (χ0v) is 35.6. The van der Waals surface area contributed by atoms with Crippen LogP contribution < -0.4 is 31.9 Å². The van der Waals surface area contributed by atoms with Crippen molar-refractivity contribution in [3.63, 3.8) is 0 Å². The van der Waals surface area contributed by atoms with Gasteiger partial charge in [0.05, 0.1) is 42.4 Å². The third-order valence-electron chi connectivity index (χ3n) is 12.1. The van der Waals surface area contributed by atoms with E-state index in [-0.39, 0.29) is 60.6 Å². The Kier molecular flexibility index (Phi) is 18.4. The zero-order valence-electron chi connectivity index (χ0n) is 34.8. The minimum Gasteiger partial charge on any atom is -0.390 e. The highest BCUT2D eigenvalue weighted by Crippen LogP contribution is 2.33. The van der Waals surface area contributed by atoms with Crippen LogP contribution >= 0.6 is 11.8 Å². The molecule has 1 aromatic heterocycles. The van der Waals surface area contributed by atoms with Crippen LogP contribution in [0.1, 0.15) is 118 Å². The molecule has 3 heterocycles. The highest BCUT2D eigenvalue weighted by molar-refractivity contribution is 8.00. The molecule has 1 aliphatic carbocycles. The number of nitrogens with zero attached hydrogens (tertiary/aromatic N) is 1. The molecule has 6 amide bonds. The predicted octanol–water partition coefficient (Wildman–Crippen LogP) is 3.54. The van der Waals surface area contributed by atoms with Crippen molar-refractivity contribution in [3.8, 4) is 0 Å². The van der Waals surface area contributed by atoms with Crippen LogP contribution in [0.5, 0.6) is 0 Å². The van der Waals surface area contributed by atoms with Gasteiger partial charge in [0.1, 0.15) is 18.2 Å². The number of aliphatic hydroxyl groups is 2. The van der Waals surface area contributed by atoms with Gasteiger partial charge in [-0.3, -0.25) is 24.2 Å². The maximum absolute atomic E-state index is 14.0. The minimum absolute atomic E-state index is 0.113. The van der Waals surface area contributed by atoms with Gasteiger partial charge in [-0.15, -0.1) is 0 Å². The summed E-state index contributed by atoms with van der Waals surface area (Å²) in [5.74, 6) is -2.50. The fraction of sp³-hybridized carbons (Fsp3) is 0.762. The number of carbonyl (C=O) groups excluding carboxylic acids is 5. The third kappa shape index (κ3) is 13.6. The van der Waals surface area contributed by atoms with Gasteiger partial charge in [-0.2, -0.15) is 11.8 Å². The number of amides is 6. The highest BCUT2D eigenvalue weighted by Gasteiger charge is 2.43. The number of hydrogen-bond donors (Lipinski definition) is 8.